The molecule has 2 aliphatic carbocycles. The minimum Gasteiger partial charge on any atom is -0.456 e. The second kappa shape index (κ2) is 23.3. The summed E-state index contributed by atoms with van der Waals surface area (Å²) in [5.74, 6) is 0. The van der Waals surface area contributed by atoms with Gasteiger partial charge in [0.1, 0.15) is 22.3 Å². The minimum absolute atomic E-state index is 0.0634. The number of furan rings is 2. The average molecular weight is 1430 g/mol. The average Bonchev–Trinajstić information content (AvgIpc) is 1.56. The van der Waals surface area contributed by atoms with Crippen molar-refractivity contribution in [2.24, 2.45) is 0 Å². The molecule has 110 heavy (non-hydrogen) atoms. The summed E-state index contributed by atoms with van der Waals surface area (Å²) < 4.78 is 19.5. The normalized spacial score (nSPS) is 14.1. The lowest BCUT2D eigenvalue weighted by atomic mass is 9.80. The zero-order valence-corrected chi connectivity index (χ0v) is 66.0. The predicted molar refractivity (Wildman–Crippen MR) is 466 cm³/mol. The van der Waals surface area contributed by atoms with Crippen molar-refractivity contribution in [2.75, 3.05) is 9.80 Å². The van der Waals surface area contributed by atoms with E-state index in [0.717, 1.165) is 99.8 Å². The van der Waals surface area contributed by atoms with E-state index in [1.165, 1.54) is 111 Å². The number of benzene rings is 14. The van der Waals surface area contributed by atoms with Crippen LogP contribution in [-0.4, -0.2) is 9.13 Å². The van der Waals surface area contributed by atoms with Gasteiger partial charge in [0, 0.05) is 99.9 Å². The van der Waals surface area contributed by atoms with E-state index in [4.69, 9.17) is 8.83 Å². The first-order valence-electron chi connectivity index (χ1n) is 39.3. The Labute approximate surface area is 644 Å². The molecule has 0 atom stereocenters. The molecular weight excluding hydrogens is 1340 g/mol. The smallest absolute Gasteiger partial charge is 0.137 e. The number of rotatable bonds is 8. The van der Waals surface area contributed by atoms with Gasteiger partial charge in [-0.15, -0.1) is 0 Å². The van der Waals surface area contributed by atoms with Crippen LogP contribution in [0.5, 0.6) is 0 Å². The maximum Gasteiger partial charge on any atom is 0.137 e. The third-order valence-electron chi connectivity index (χ3n) is 24.8. The Morgan fingerprint density at radius 3 is 0.991 bits per heavy atom. The van der Waals surface area contributed by atoms with Crippen molar-refractivity contribution in [2.45, 2.75) is 143 Å². The van der Waals surface area contributed by atoms with Crippen molar-refractivity contribution in [3.05, 3.63) is 311 Å². The van der Waals surface area contributed by atoms with Gasteiger partial charge in [-0.05, 0) is 209 Å². The van der Waals surface area contributed by atoms with E-state index in [1.54, 1.807) is 0 Å². The van der Waals surface area contributed by atoms with E-state index >= 15 is 0 Å². The second-order valence-electron chi connectivity index (χ2n) is 36.6. The quantitative estimate of drug-likeness (QED) is 0.152. The summed E-state index contributed by atoms with van der Waals surface area (Å²) in [4.78, 5) is 5.05. The van der Waals surface area contributed by atoms with E-state index in [2.05, 4.69) is 397 Å². The number of hydrogen-bond acceptors (Lipinski definition) is 4. The summed E-state index contributed by atoms with van der Waals surface area (Å²) in [5.41, 5.74) is 31.7. The van der Waals surface area contributed by atoms with Gasteiger partial charge in [0.05, 0.1) is 44.8 Å². The first-order chi connectivity index (χ1) is 52.6. The summed E-state index contributed by atoms with van der Waals surface area (Å²) in [6.07, 6.45) is 0. The summed E-state index contributed by atoms with van der Waals surface area (Å²) in [7, 11) is 0. The first kappa shape index (κ1) is 67.5. The molecule has 0 spiro atoms. The molecule has 0 aliphatic heterocycles. The van der Waals surface area contributed by atoms with E-state index in [-0.39, 0.29) is 32.5 Å². The van der Waals surface area contributed by atoms with Gasteiger partial charge in [-0.25, -0.2) is 0 Å². The molecule has 4 aromatic heterocycles. The topological polar surface area (TPSA) is 42.6 Å². The van der Waals surface area contributed by atoms with Crippen molar-refractivity contribution >= 4 is 132 Å². The van der Waals surface area contributed by atoms with Crippen LogP contribution in [-0.2, 0) is 32.5 Å². The lowest BCUT2D eigenvalue weighted by Gasteiger charge is -2.29. The molecule has 540 valence electrons. The van der Waals surface area contributed by atoms with Gasteiger partial charge in [0.15, 0.2) is 0 Å². The maximum absolute atomic E-state index is 7.24. The lowest BCUT2D eigenvalue weighted by Crippen LogP contribution is -2.17. The predicted octanol–water partition coefficient (Wildman–Crippen LogP) is 29.6. The van der Waals surface area contributed by atoms with Crippen molar-refractivity contribution < 1.29 is 8.83 Å². The van der Waals surface area contributed by atoms with Crippen molar-refractivity contribution in [1.82, 2.24) is 9.13 Å². The molecule has 0 radical (unpaired) electrons. The summed E-state index contributed by atoms with van der Waals surface area (Å²) in [5, 5.41) is 11.1. The lowest BCUT2D eigenvalue weighted by molar-refractivity contribution is 0.567. The highest BCUT2D eigenvalue weighted by Crippen LogP contribution is 2.59. The molecule has 0 N–H and O–H groups in total. The Bertz CT molecular complexity index is 6480. The summed E-state index contributed by atoms with van der Waals surface area (Å²) in [6.45, 7) is 37.4. The van der Waals surface area contributed by atoms with E-state index in [1.807, 2.05) is 0 Å². The molecule has 18 aromatic rings. The van der Waals surface area contributed by atoms with E-state index in [0.29, 0.717) is 0 Å². The molecule has 6 heteroatoms. The number of hydrogen-bond donors (Lipinski definition) is 0. The van der Waals surface area contributed by atoms with Gasteiger partial charge < -0.3 is 27.8 Å². The molecule has 20 rings (SSSR count). The fraction of sp³-hybridized carbons (Fsp3) is 0.212. The van der Waals surface area contributed by atoms with Crippen LogP contribution in [0.25, 0.3) is 132 Å². The fourth-order valence-electron chi connectivity index (χ4n) is 18.9. The van der Waals surface area contributed by atoms with Gasteiger partial charge in [0.2, 0.25) is 0 Å². The molecule has 2 aliphatic rings. The van der Waals surface area contributed by atoms with Crippen LogP contribution in [0.2, 0.25) is 0 Å². The van der Waals surface area contributed by atoms with Crippen LogP contribution in [0.4, 0.5) is 34.1 Å². The third kappa shape index (κ3) is 10.1. The number of aromatic nitrogens is 2. The minimum atomic E-state index is -0.215. The van der Waals surface area contributed by atoms with Crippen LogP contribution in [0, 0.1) is 0 Å². The van der Waals surface area contributed by atoms with Crippen molar-refractivity contribution in [1.29, 1.82) is 0 Å². The molecule has 0 amide bonds. The van der Waals surface area contributed by atoms with E-state index in [9.17, 15) is 0 Å². The Balaban J connectivity index is 0.750. The highest BCUT2D eigenvalue weighted by atomic mass is 16.3. The van der Waals surface area contributed by atoms with Crippen LogP contribution in [0.1, 0.15) is 155 Å². The summed E-state index contributed by atoms with van der Waals surface area (Å²) in [6, 6.07) is 101. The SMILES string of the molecule is CC(C)(C)c1cc(-n2c3ccccc3c3c(N(c4ccc5c(c4)oc4cc6cc7c(cc6cc45)oc4cc(N(c5cccc6c5-c5ccccc5C6(C)C)c5cccc6c5c5ccccc5n6-c5cc(C(C)(C)C)cc(C(C)(C)C)c5)ccc47)c4cccc5c4-c4ccccc4C5(C)C)cccc32)cc(C(C)(C)C)c1. The molecule has 14 aromatic carbocycles. The molecule has 0 fully saturated rings. The van der Waals surface area contributed by atoms with Gasteiger partial charge in [-0.2, -0.15) is 0 Å². The number of para-hydroxylation sites is 2. The van der Waals surface area contributed by atoms with Crippen LogP contribution < -0.4 is 9.80 Å². The zero-order valence-electron chi connectivity index (χ0n) is 66.0. The number of nitrogens with zero attached hydrogens (tertiary/aromatic N) is 4. The number of fused-ring (bicyclic) bond motifs is 19. The van der Waals surface area contributed by atoms with Crippen molar-refractivity contribution in [3.63, 3.8) is 0 Å². The van der Waals surface area contributed by atoms with Gasteiger partial charge in [-0.1, -0.05) is 244 Å². The highest BCUT2D eigenvalue weighted by Gasteiger charge is 2.41. The Kier molecular flexibility index (Phi) is 14.3. The molecule has 4 heterocycles. The fourth-order valence-corrected chi connectivity index (χ4v) is 18.9. The van der Waals surface area contributed by atoms with Gasteiger partial charge >= 0.3 is 0 Å². The maximum atomic E-state index is 7.24. The number of anilines is 6. The Morgan fingerprint density at radius 1 is 0.273 bits per heavy atom. The monoisotopic (exact) mass is 1430 g/mol. The van der Waals surface area contributed by atoms with Gasteiger partial charge in [-0.3, -0.25) is 0 Å². The Morgan fingerprint density at radius 2 is 0.600 bits per heavy atom. The van der Waals surface area contributed by atoms with Crippen LogP contribution in [0.3, 0.4) is 0 Å². The van der Waals surface area contributed by atoms with E-state index < -0.39 is 0 Å². The second-order valence-corrected chi connectivity index (χ2v) is 36.6. The molecular formula is C104H92N4O2. The first-order valence-corrected chi connectivity index (χ1v) is 39.3. The molecule has 0 saturated carbocycles. The molecule has 0 bridgehead atoms. The third-order valence-corrected chi connectivity index (χ3v) is 24.8. The zero-order chi connectivity index (χ0) is 75.8. The largest absolute Gasteiger partial charge is 0.456 e. The molecule has 0 saturated heterocycles. The Hall–Kier alpha value is -11.9. The summed E-state index contributed by atoms with van der Waals surface area (Å²) >= 11 is 0. The van der Waals surface area contributed by atoms with Crippen LogP contribution >= 0.6 is 0 Å². The molecule has 0 unspecified atom stereocenters. The van der Waals surface area contributed by atoms with Gasteiger partial charge in [0.25, 0.3) is 0 Å². The van der Waals surface area contributed by atoms with Crippen molar-refractivity contribution in [3.8, 4) is 33.6 Å². The van der Waals surface area contributed by atoms with Crippen LogP contribution in [0.15, 0.2) is 276 Å². The highest BCUT2D eigenvalue weighted by molar-refractivity contribution is 6.21. The molecule has 6 nitrogen and oxygen atoms in total. The standard InChI is InChI=1S/C104H92N4O2/c1-99(2,3)63-53-64(100(4,5)6)56-69(55-63)107-83-37-23-19-31-75(83)97-87(41-27-43-89(97)107)105(85-39-25-35-81-95(85)73-29-17-21-33-79(73)103(81,13)14)67-45-47-71-77-49-61-52-92-78(50-62(61)51-91(77)109-93(71)59-67)72-48-46-68(60-94(72)110-92)106(86-40-26-36-82-96(86)74-30-18-22-34-80(74)104(82,15)16)88-42-28-44-90-98(88)76-32-20-24-38-84(76)108(90)70-57-65(101(7,8)9)54-66(58-70)102(10,11)12/h17-60H,1-16H3.